The number of hydrogen-bond donors (Lipinski definition) is 0. The van der Waals surface area contributed by atoms with Crippen LogP contribution in [0.15, 0.2) is 48.7 Å². The van der Waals surface area contributed by atoms with Crippen LogP contribution in [0.2, 0.25) is 0 Å². The van der Waals surface area contributed by atoms with Crippen LogP contribution in [0.25, 0.3) is 5.65 Å². The average Bonchev–Trinajstić information content (AvgIpc) is 3.14. The molecule has 1 atom stereocenters. The first-order valence-electron chi connectivity index (χ1n) is 9.17. The summed E-state index contributed by atoms with van der Waals surface area (Å²) in [5, 5.41) is 8.54. The molecule has 7 heteroatoms. The maximum Gasteiger partial charge on any atom is 0.226 e. The summed E-state index contributed by atoms with van der Waals surface area (Å²) < 4.78 is 21.0. The number of hydrogen-bond acceptors (Lipinski definition) is 4. The van der Waals surface area contributed by atoms with Gasteiger partial charge in [0.05, 0.1) is 13.0 Å². The number of piperidine rings is 1. The number of halogens is 1. The highest BCUT2D eigenvalue weighted by Gasteiger charge is 2.27. The normalized spacial score (nSPS) is 17.2. The van der Waals surface area contributed by atoms with Crippen molar-refractivity contribution < 1.29 is 13.9 Å². The van der Waals surface area contributed by atoms with E-state index in [4.69, 9.17) is 4.74 Å². The van der Waals surface area contributed by atoms with E-state index in [0.717, 1.165) is 30.9 Å². The van der Waals surface area contributed by atoms with E-state index >= 15 is 0 Å². The van der Waals surface area contributed by atoms with Gasteiger partial charge >= 0.3 is 0 Å². The first-order chi connectivity index (χ1) is 13.2. The second-order valence-electron chi connectivity index (χ2n) is 6.69. The van der Waals surface area contributed by atoms with Crippen LogP contribution in [0.1, 0.15) is 31.0 Å². The number of amides is 1. The third-order valence-electron chi connectivity index (χ3n) is 4.89. The van der Waals surface area contributed by atoms with Gasteiger partial charge in [0.1, 0.15) is 5.82 Å². The smallest absolute Gasteiger partial charge is 0.226 e. The van der Waals surface area contributed by atoms with Crippen LogP contribution in [0.4, 0.5) is 4.39 Å². The van der Waals surface area contributed by atoms with E-state index in [1.54, 1.807) is 18.2 Å². The minimum absolute atomic E-state index is 0.0184. The molecule has 0 N–H and O–H groups in total. The molecule has 1 aliphatic rings. The molecule has 0 spiro atoms. The fraction of sp³-hybridized carbons (Fsp3) is 0.350. The molecule has 1 aliphatic heterocycles. The molecule has 1 amide bonds. The number of para-hydroxylation sites is 1. The van der Waals surface area contributed by atoms with Crippen molar-refractivity contribution in [2.45, 2.75) is 25.2 Å². The molecule has 6 nitrogen and oxygen atoms in total. The summed E-state index contributed by atoms with van der Waals surface area (Å²) in [6.45, 7) is 1.51. The van der Waals surface area contributed by atoms with Crippen molar-refractivity contribution in [3.63, 3.8) is 0 Å². The Kier molecular flexibility index (Phi) is 5.00. The fourth-order valence-corrected chi connectivity index (χ4v) is 3.52. The number of benzene rings is 1. The van der Waals surface area contributed by atoms with E-state index in [9.17, 15) is 9.18 Å². The Hall–Kier alpha value is -2.96. The molecular weight excluding hydrogens is 347 g/mol. The molecule has 0 aliphatic carbocycles. The minimum atomic E-state index is -0.415. The van der Waals surface area contributed by atoms with Crippen LogP contribution in [0, 0.1) is 5.82 Å². The largest absolute Gasteiger partial charge is 0.490 e. The van der Waals surface area contributed by atoms with Crippen LogP contribution in [-0.2, 0) is 4.79 Å². The lowest BCUT2D eigenvalue weighted by molar-refractivity contribution is -0.133. The van der Waals surface area contributed by atoms with E-state index < -0.39 is 5.82 Å². The monoisotopic (exact) mass is 368 g/mol. The number of nitrogens with zero attached hydrogens (tertiary/aromatic N) is 4. The van der Waals surface area contributed by atoms with Gasteiger partial charge in [0.25, 0.3) is 0 Å². The van der Waals surface area contributed by atoms with Gasteiger partial charge < -0.3 is 9.64 Å². The number of carbonyl (C=O) groups is 1. The summed E-state index contributed by atoms with van der Waals surface area (Å²) in [6, 6.07) is 12.0. The van der Waals surface area contributed by atoms with Gasteiger partial charge in [0.15, 0.2) is 17.2 Å². The maximum absolute atomic E-state index is 13.6. The molecule has 3 aromatic rings. The van der Waals surface area contributed by atoms with Gasteiger partial charge in [-0.05, 0) is 37.1 Å². The summed E-state index contributed by atoms with van der Waals surface area (Å²) in [7, 11) is 0. The predicted octanol–water partition coefficient (Wildman–Crippen LogP) is 3.04. The van der Waals surface area contributed by atoms with E-state index in [0.29, 0.717) is 6.54 Å². The van der Waals surface area contributed by atoms with E-state index in [1.165, 1.54) is 6.07 Å². The van der Waals surface area contributed by atoms with Gasteiger partial charge in [0.2, 0.25) is 5.91 Å². The van der Waals surface area contributed by atoms with E-state index in [-0.39, 0.29) is 30.6 Å². The molecule has 0 unspecified atom stereocenters. The van der Waals surface area contributed by atoms with E-state index in [2.05, 4.69) is 10.2 Å². The standard InChI is InChI=1S/C20H21FN4O2/c21-16-7-1-2-8-17(16)27-13-10-19(26)24-11-5-6-15(14-24)20-23-22-18-9-3-4-12-25(18)20/h1-4,7-9,12,15H,5-6,10-11,13-14H2/t15-/m0/s1. The Morgan fingerprint density at radius 1 is 1.19 bits per heavy atom. The van der Waals surface area contributed by atoms with Crippen molar-refractivity contribution in [3.8, 4) is 5.75 Å². The molecule has 27 heavy (non-hydrogen) atoms. The third-order valence-corrected chi connectivity index (χ3v) is 4.89. The van der Waals surface area contributed by atoms with Crippen LogP contribution >= 0.6 is 0 Å². The van der Waals surface area contributed by atoms with Gasteiger partial charge in [-0.1, -0.05) is 18.2 Å². The highest BCUT2D eigenvalue weighted by molar-refractivity contribution is 5.76. The van der Waals surface area contributed by atoms with Gasteiger partial charge in [-0.3, -0.25) is 9.20 Å². The fourth-order valence-electron chi connectivity index (χ4n) is 3.52. The second-order valence-corrected chi connectivity index (χ2v) is 6.69. The van der Waals surface area contributed by atoms with E-state index in [1.807, 2.05) is 33.7 Å². The molecule has 140 valence electrons. The minimum Gasteiger partial charge on any atom is -0.490 e. The van der Waals surface area contributed by atoms with Crippen molar-refractivity contribution in [3.05, 3.63) is 60.3 Å². The predicted molar refractivity (Wildman–Crippen MR) is 98.1 cm³/mol. The molecule has 0 radical (unpaired) electrons. The Morgan fingerprint density at radius 3 is 2.93 bits per heavy atom. The Labute approximate surface area is 156 Å². The highest BCUT2D eigenvalue weighted by Crippen LogP contribution is 2.26. The van der Waals surface area contributed by atoms with Gasteiger partial charge in [-0.25, -0.2) is 4.39 Å². The Morgan fingerprint density at radius 2 is 2.04 bits per heavy atom. The first kappa shape index (κ1) is 17.5. The number of likely N-dealkylation sites (tertiary alicyclic amines) is 1. The van der Waals surface area contributed by atoms with Crippen LogP contribution in [0.3, 0.4) is 0 Å². The highest BCUT2D eigenvalue weighted by atomic mass is 19.1. The lowest BCUT2D eigenvalue weighted by atomic mass is 9.97. The Bertz CT molecular complexity index is 942. The second kappa shape index (κ2) is 7.73. The van der Waals surface area contributed by atoms with Crippen LogP contribution in [-0.4, -0.2) is 45.1 Å². The number of rotatable bonds is 5. The lowest BCUT2D eigenvalue weighted by Gasteiger charge is -2.32. The van der Waals surface area contributed by atoms with Crippen molar-refractivity contribution in [1.82, 2.24) is 19.5 Å². The summed E-state index contributed by atoms with van der Waals surface area (Å²) in [5.41, 5.74) is 0.814. The van der Waals surface area contributed by atoms with Crippen molar-refractivity contribution in [2.75, 3.05) is 19.7 Å². The molecule has 3 heterocycles. The van der Waals surface area contributed by atoms with Crippen molar-refractivity contribution >= 4 is 11.6 Å². The SMILES string of the molecule is O=C(CCOc1ccccc1F)N1CCC[C@H](c2nnc3ccccn23)C1. The Balaban J connectivity index is 1.36. The maximum atomic E-state index is 13.6. The zero-order valence-corrected chi connectivity index (χ0v) is 14.9. The molecule has 0 saturated carbocycles. The molecule has 1 saturated heterocycles. The summed E-state index contributed by atoms with van der Waals surface area (Å²) in [6.07, 6.45) is 4.08. The quantitative estimate of drug-likeness (QED) is 0.695. The molecular formula is C20H21FN4O2. The zero-order valence-electron chi connectivity index (χ0n) is 14.9. The molecule has 1 aromatic carbocycles. The van der Waals surface area contributed by atoms with Gasteiger partial charge in [0, 0.05) is 25.2 Å². The number of ether oxygens (including phenoxy) is 1. The van der Waals surface area contributed by atoms with Gasteiger partial charge in [-0.2, -0.15) is 0 Å². The number of carbonyl (C=O) groups excluding carboxylic acids is 1. The molecule has 4 rings (SSSR count). The van der Waals surface area contributed by atoms with Crippen molar-refractivity contribution in [1.29, 1.82) is 0 Å². The summed E-state index contributed by atoms with van der Waals surface area (Å²) in [5.74, 6) is 0.835. The topological polar surface area (TPSA) is 59.7 Å². The molecule has 1 fully saturated rings. The first-order valence-corrected chi connectivity index (χ1v) is 9.17. The zero-order chi connectivity index (χ0) is 18.6. The number of aromatic nitrogens is 3. The van der Waals surface area contributed by atoms with Gasteiger partial charge in [-0.15, -0.1) is 10.2 Å². The lowest BCUT2D eigenvalue weighted by Crippen LogP contribution is -2.40. The summed E-state index contributed by atoms with van der Waals surface area (Å²) in [4.78, 5) is 14.4. The average molecular weight is 368 g/mol. The number of fused-ring (bicyclic) bond motifs is 1. The van der Waals surface area contributed by atoms with Crippen LogP contribution < -0.4 is 4.74 Å². The van der Waals surface area contributed by atoms with Crippen molar-refractivity contribution in [2.24, 2.45) is 0 Å². The van der Waals surface area contributed by atoms with Crippen LogP contribution in [0.5, 0.6) is 5.75 Å². The third kappa shape index (κ3) is 3.77. The summed E-state index contributed by atoms with van der Waals surface area (Å²) >= 11 is 0. The molecule has 0 bridgehead atoms. The molecule has 2 aromatic heterocycles. The number of pyridine rings is 1.